The van der Waals surface area contributed by atoms with Crippen LogP contribution in [0.4, 0.5) is 0 Å². The van der Waals surface area contributed by atoms with Gasteiger partial charge in [-0.15, -0.1) is 0 Å². The summed E-state index contributed by atoms with van der Waals surface area (Å²) in [5, 5.41) is 9.38. The summed E-state index contributed by atoms with van der Waals surface area (Å²) in [5.74, 6) is 0. The fraction of sp³-hybridized carbons (Fsp3) is 1.00. The second kappa shape index (κ2) is 2.21. The van der Waals surface area contributed by atoms with Crippen molar-refractivity contribution in [3.63, 3.8) is 0 Å². The van der Waals surface area contributed by atoms with Crippen LogP contribution in [0.5, 0.6) is 0 Å². The molecule has 2 bridgehead atoms. The molecule has 2 saturated heterocycles. The van der Waals surface area contributed by atoms with Crippen molar-refractivity contribution < 1.29 is 5.11 Å². The first-order valence-corrected chi connectivity index (χ1v) is 4.17. The Morgan fingerprint density at radius 3 is 2.20 bits per heavy atom. The highest BCUT2D eigenvalue weighted by atomic mass is 16.3. The molecule has 3 atom stereocenters. The molecule has 10 heavy (non-hydrogen) atoms. The Morgan fingerprint density at radius 1 is 1.20 bits per heavy atom. The lowest BCUT2D eigenvalue weighted by Gasteiger charge is -2.33. The van der Waals surface area contributed by atoms with E-state index in [1.165, 1.54) is 12.8 Å². The van der Waals surface area contributed by atoms with Gasteiger partial charge in [0.25, 0.3) is 0 Å². The molecule has 0 aromatic rings. The van der Waals surface area contributed by atoms with Crippen LogP contribution < -0.4 is 0 Å². The van der Waals surface area contributed by atoms with Crippen molar-refractivity contribution >= 4 is 0 Å². The molecule has 2 unspecified atom stereocenters. The molecule has 2 heterocycles. The Balaban J connectivity index is 2.09. The molecule has 2 aliphatic heterocycles. The predicted octanol–water partition coefficient (Wildman–Crippen LogP) is 0.604. The molecule has 2 heteroatoms. The smallest absolute Gasteiger partial charge is 0.0570 e. The van der Waals surface area contributed by atoms with Crippen LogP contribution in [0.2, 0.25) is 0 Å². The van der Waals surface area contributed by atoms with E-state index in [0.29, 0.717) is 12.1 Å². The molecule has 2 nitrogen and oxygen atoms in total. The second-order valence-corrected chi connectivity index (χ2v) is 3.68. The second-order valence-electron chi connectivity index (χ2n) is 3.68. The SMILES string of the molecule is CN1C2CC[C@H]1CC(O)C2. The summed E-state index contributed by atoms with van der Waals surface area (Å²) in [6.07, 6.45) is 4.62. The lowest BCUT2D eigenvalue weighted by atomic mass is 10.0. The van der Waals surface area contributed by atoms with Gasteiger partial charge >= 0.3 is 0 Å². The van der Waals surface area contributed by atoms with Crippen molar-refractivity contribution in [2.75, 3.05) is 7.05 Å². The summed E-state index contributed by atoms with van der Waals surface area (Å²) in [6, 6.07) is 1.38. The molecule has 0 saturated carbocycles. The highest BCUT2D eigenvalue weighted by Crippen LogP contribution is 2.33. The fourth-order valence-electron chi connectivity index (χ4n) is 2.38. The van der Waals surface area contributed by atoms with E-state index in [0.717, 1.165) is 12.8 Å². The van der Waals surface area contributed by atoms with E-state index in [2.05, 4.69) is 11.9 Å². The Kier molecular flexibility index (Phi) is 1.46. The molecule has 2 fully saturated rings. The van der Waals surface area contributed by atoms with Crippen LogP contribution in [0.3, 0.4) is 0 Å². The van der Waals surface area contributed by atoms with Gasteiger partial charge in [0.05, 0.1) is 6.10 Å². The zero-order chi connectivity index (χ0) is 7.14. The topological polar surface area (TPSA) is 23.5 Å². The maximum atomic E-state index is 9.38. The van der Waals surface area contributed by atoms with E-state index in [1.54, 1.807) is 0 Å². The lowest BCUT2D eigenvalue weighted by molar-refractivity contribution is 0.0503. The van der Waals surface area contributed by atoms with Crippen LogP contribution in [-0.2, 0) is 0 Å². The van der Waals surface area contributed by atoms with Gasteiger partial charge in [0, 0.05) is 12.1 Å². The summed E-state index contributed by atoms with van der Waals surface area (Å²) >= 11 is 0. The van der Waals surface area contributed by atoms with Crippen LogP contribution in [-0.4, -0.2) is 35.2 Å². The predicted molar refractivity (Wildman–Crippen MR) is 39.8 cm³/mol. The summed E-state index contributed by atoms with van der Waals surface area (Å²) in [7, 11) is 2.19. The lowest BCUT2D eigenvalue weighted by Crippen LogP contribution is -2.41. The molecule has 1 N–H and O–H groups in total. The first-order valence-electron chi connectivity index (χ1n) is 4.17. The number of hydrogen-bond acceptors (Lipinski definition) is 2. The molecule has 0 aromatic carbocycles. The van der Waals surface area contributed by atoms with E-state index in [-0.39, 0.29) is 6.10 Å². The summed E-state index contributed by atoms with van der Waals surface area (Å²) in [6.45, 7) is 0. The maximum Gasteiger partial charge on any atom is 0.0570 e. The summed E-state index contributed by atoms with van der Waals surface area (Å²) < 4.78 is 0. The van der Waals surface area contributed by atoms with Gasteiger partial charge in [-0.3, -0.25) is 0 Å². The first kappa shape index (κ1) is 6.62. The molecule has 0 radical (unpaired) electrons. The van der Waals surface area contributed by atoms with Gasteiger partial charge < -0.3 is 10.0 Å². The minimum absolute atomic E-state index is 0.00583. The van der Waals surface area contributed by atoms with E-state index in [4.69, 9.17) is 0 Å². The van der Waals surface area contributed by atoms with Gasteiger partial charge in [-0.05, 0) is 32.7 Å². The van der Waals surface area contributed by atoms with E-state index in [9.17, 15) is 5.11 Å². The van der Waals surface area contributed by atoms with Crippen LogP contribution in [0.1, 0.15) is 25.7 Å². The molecule has 0 aromatic heterocycles. The Bertz CT molecular complexity index is 123. The standard InChI is InChI=1S/C8H15NO/c1-9-6-2-3-7(9)5-8(10)4-6/h6-8,10H,2-5H2,1H3/t6-,7?,8?/m0/s1. The average molecular weight is 141 g/mol. The average Bonchev–Trinajstić information content (AvgIpc) is 2.20. The fourth-order valence-corrected chi connectivity index (χ4v) is 2.38. The van der Waals surface area contributed by atoms with Crippen LogP contribution in [0.15, 0.2) is 0 Å². The molecule has 2 rings (SSSR count). The van der Waals surface area contributed by atoms with Gasteiger partial charge in [-0.2, -0.15) is 0 Å². The van der Waals surface area contributed by atoms with Gasteiger partial charge in [0.2, 0.25) is 0 Å². The van der Waals surface area contributed by atoms with Crippen molar-refractivity contribution in [3.8, 4) is 0 Å². The highest BCUT2D eigenvalue weighted by molar-refractivity contribution is 4.93. The molecule has 0 aliphatic carbocycles. The monoisotopic (exact) mass is 141 g/mol. The maximum absolute atomic E-state index is 9.38. The van der Waals surface area contributed by atoms with Crippen molar-refractivity contribution in [1.82, 2.24) is 4.90 Å². The van der Waals surface area contributed by atoms with Gasteiger partial charge in [-0.1, -0.05) is 0 Å². The first-order chi connectivity index (χ1) is 4.77. The van der Waals surface area contributed by atoms with Crippen LogP contribution in [0, 0.1) is 0 Å². The number of aliphatic hydroxyl groups excluding tert-OH is 1. The van der Waals surface area contributed by atoms with E-state index >= 15 is 0 Å². The molecule has 58 valence electrons. The Hall–Kier alpha value is -0.0800. The zero-order valence-corrected chi connectivity index (χ0v) is 6.45. The number of piperidine rings is 1. The van der Waals surface area contributed by atoms with Gasteiger partial charge in [0.1, 0.15) is 0 Å². The Labute approximate surface area is 61.8 Å². The third-order valence-corrected chi connectivity index (χ3v) is 3.07. The summed E-state index contributed by atoms with van der Waals surface area (Å²) in [4.78, 5) is 2.44. The third-order valence-electron chi connectivity index (χ3n) is 3.07. The molecular formula is C8H15NO. The normalized spacial score (nSPS) is 48.0. The van der Waals surface area contributed by atoms with E-state index < -0.39 is 0 Å². The Morgan fingerprint density at radius 2 is 1.70 bits per heavy atom. The number of rotatable bonds is 0. The molecule has 2 aliphatic rings. The summed E-state index contributed by atoms with van der Waals surface area (Å²) in [5.41, 5.74) is 0. The van der Waals surface area contributed by atoms with E-state index in [1.807, 2.05) is 0 Å². The van der Waals surface area contributed by atoms with Gasteiger partial charge in [0.15, 0.2) is 0 Å². The van der Waals surface area contributed by atoms with Crippen LogP contribution >= 0.6 is 0 Å². The van der Waals surface area contributed by atoms with Crippen molar-refractivity contribution in [1.29, 1.82) is 0 Å². The quantitative estimate of drug-likeness (QED) is 0.534. The molecule has 0 amide bonds. The van der Waals surface area contributed by atoms with Gasteiger partial charge in [-0.25, -0.2) is 0 Å². The van der Waals surface area contributed by atoms with Crippen molar-refractivity contribution in [2.45, 2.75) is 43.9 Å². The largest absolute Gasteiger partial charge is 0.393 e. The minimum atomic E-state index is -0.00583. The number of hydrogen-bond donors (Lipinski definition) is 1. The number of aliphatic hydroxyl groups is 1. The zero-order valence-electron chi connectivity index (χ0n) is 6.45. The number of nitrogens with zero attached hydrogens (tertiary/aromatic N) is 1. The number of fused-ring (bicyclic) bond motifs is 2. The molecule has 0 spiro atoms. The minimum Gasteiger partial charge on any atom is -0.393 e. The molecular weight excluding hydrogens is 126 g/mol. The van der Waals surface area contributed by atoms with Crippen molar-refractivity contribution in [3.05, 3.63) is 0 Å². The van der Waals surface area contributed by atoms with Crippen molar-refractivity contribution in [2.24, 2.45) is 0 Å². The van der Waals surface area contributed by atoms with Crippen LogP contribution in [0.25, 0.3) is 0 Å². The third kappa shape index (κ3) is 0.867. The highest BCUT2D eigenvalue weighted by Gasteiger charge is 2.37.